The molecular weight excluding hydrogens is 1410 g/mol. The summed E-state index contributed by atoms with van der Waals surface area (Å²) < 4.78 is 0. The van der Waals surface area contributed by atoms with Crippen LogP contribution in [-0.4, -0.2) is 49.8 Å². The summed E-state index contributed by atoms with van der Waals surface area (Å²) in [6.45, 7) is 76.7. The first kappa shape index (κ1) is 103. The van der Waals surface area contributed by atoms with E-state index in [9.17, 15) is 0 Å². The minimum atomic E-state index is 0. The second-order valence-electron chi connectivity index (χ2n) is 37.6. The quantitative estimate of drug-likeness (QED) is 0.116. The molecule has 589 valence electrons. The zero-order valence-electron chi connectivity index (χ0n) is 73.9. The minimum absolute atomic E-state index is 0. The van der Waals surface area contributed by atoms with Crippen molar-refractivity contribution in [2.24, 2.45) is 5.41 Å². The number of hydrogen-bond acceptors (Lipinski definition) is 10. The van der Waals surface area contributed by atoms with Gasteiger partial charge in [-0.2, -0.15) is 0 Å². The standard InChI is InChI=1S/10C9H13N.C8H12.Y/c2*1-9(2,3)8-4-6-10-7-5-8;4*1-9(2,3)8-5-4-6-10-7-8;4*1-9(2,3)8-6-4-5-7-10-8;1-5-6-7-8(2,3)4;/h10*4-7H,1-3H3;1,5-6H,2-4H3;/q;;;;;;;;;;-2;. The van der Waals surface area contributed by atoms with Gasteiger partial charge < -0.3 is 24.8 Å². The molecule has 10 heterocycles. The first-order chi connectivity index (χ1) is 49.6. The van der Waals surface area contributed by atoms with E-state index >= 15 is 0 Å². The van der Waals surface area contributed by atoms with Gasteiger partial charge in [-0.05, 0) is 163 Å². The van der Waals surface area contributed by atoms with Crippen molar-refractivity contribution in [1.82, 2.24) is 49.8 Å². The molecule has 0 amide bonds. The number of allylic oxidation sites excluding steroid dienone is 3. The Morgan fingerprint density at radius 1 is 0.220 bits per heavy atom. The predicted molar refractivity (Wildman–Crippen MR) is 466 cm³/mol. The number of rotatable bonds is 1. The van der Waals surface area contributed by atoms with Gasteiger partial charge >= 0.3 is 0 Å². The van der Waals surface area contributed by atoms with Crippen LogP contribution in [0.3, 0.4) is 0 Å². The van der Waals surface area contributed by atoms with Crippen LogP contribution in [0.4, 0.5) is 0 Å². The number of nitrogens with zero attached hydrogens (tertiary/aromatic N) is 10. The minimum Gasteiger partial charge on any atom is -0.394 e. The van der Waals surface area contributed by atoms with Gasteiger partial charge in [-0.3, -0.25) is 49.8 Å². The van der Waals surface area contributed by atoms with Crippen LogP contribution < -0.4 is 0 Å². The largest absolute Gasteiger partial charge is 0.394 e. The second kappa shape index (κ2) is 49.4. The molecule has 0 N–H and O–H groups in total. The maximum Gasteiger partial charge on any atom is 0.0457 e. The van der Waals surface area contributed by atoms with Crippen molar-refractivity contribution in [2.45, 2.75) is 283 Å². The van der Waals surface area contributed by atoms with Gasteiger partial charge in [0.1, 0.15) is 0 Å². The molecule has 0 atom stereocenters. The predicted octanol–water partition coefficient (Wildman–Crippen LogP) is 26.2. The van der Waals surface area contributed by atoms with Gasteiger partial charge in [-0.25, -0.2) is 0 Å². The zero-order valence-corrected chi connectivity index (χ0v) is 76.7. The Kier molecular flexibility index (Phi) is 46.7. The van der Waals surface area contributed by atoms with Crippen LogP contribution in [0.1, 0.15) is 285 Å². The molecule has 10 nitrogen and oxygen atoms in total. The van der Waals surface area contributed by atoms with Gasteiger partial charge in [-0.1, -0.05) is 277 Å². The maximum atomic E-state index is 5.09. The van der Waals surface area contributed by atoms with Crippen molar-refractivity contribution in [1.29, 1.82) is 0 Å². The van der Waals surface area contributed by atoms with Crippen molar-refractivity contribution in [3.63, 3.8) is 0 Å². The molecular formula is C98H142N10Y-2. The number of pyridine rings is 10. The summed E-state index contributed by atoms with van der Waals surface area (Å²) in [5, 5.41) is 0. The molecule has 10 rings (SSSR count). The van der Waals surface area contributed by atoms with Gasteiger partial charge in [0.2, 0.25) is 0 Å². The van der Waals surface area contributed by atoms with Crippen molar-refractivity contribution in [3.8, 4) is 0 Å². The van der Waals surface area contributed by atoms with Crippen molar-refractivity contribution < 1.29 is 32.7 Å². The van der Waals surface area contributed by atoms with Crippen LogP contribution in [0.2, 0.25) is 0 Å². The third-order valence-corrected chi connectivity index (χ3v) is 15.5. The molecule has 11 heteroatoms. The molecule has 0 saturated heterocycles. The summed E-state index contributed by atoms with van der Waals surface area (Å²) in [5.41, 5.74) is 14.7. The summed E-state index contributed by atoms with van der Waals surface area (Å²) in [5.74, 6) is 0. The van der Waals surface area contributed by atoms with Gasteiger partial charge in [0.05, 0.1) is 0 Å². The van der Waals surface area contributed by atoms with E-state index in [0.717, 1.165) is 22.8 Å². The SMILES string of the molecule is CC(C)(C)c1ccccn1.CC(C)(C)c1ccccn1.CC(C)(C)c1ccccn1.CC(C)(C)c1ccccn1.CC(C)(C)c1cccnc1.CC(C)(C)c1cccnc1.CC(C)(C)c1cccnc1.CC(C)(C)c1cccnc1.CC(C)(C)c1ccncc1.CC(C)(C)c1ccncc1.[CH-]=CC=[C-]C(C)(C)C.[Y]. The maximum absolute atomic E-state index is 5.09. The van der Waals surface area contributed by atoms with Crippen LogP contribution in [0.25, 0.3) is 0 Å². The molecule has 0 bridgehead atoms. The fraction of sp³-hybridized carbons (Fsp3) is 0.449. The summed E-state index contributed by atoms with van der Waals surface area (Å²) in [7, 11) is 0. The Hall–Kier alpha value is -7.92. The fourth-order valence-corrected chi connectivity index (χ4v) is 8.45. The van der Waals surface area contributed by atoms with Crippen molar-refractivity contribution in [2.75, 3.05) is 0 Å². The summed E-state index contributed by atoms with van der Waals surface area (Å²) in [6, 6.07) is 48.6. The van der Waals surface area contributed by atoms with Crippen molar-refractivity contribution >= 4 is 0 Å². The molecule has 0 aromatic carbocycles. The topological polar surface area (TPSA) is 129 Å². The van der Waals surface area contributed by atoms with E-state index in [4.69, 9.17) is 6.58 Å². The Morgan fingerprint density at radius 2 is 0.422 bits per heavy atom. The Morgan fingerprint density at radius 3 is 0.514 bits per heavy atom. The summed E-state index contributed by atoms with van der Waals surface area (Å²) in [6.07, 6.45) is 35.8. The van der Waals surface area contributed by atoms with Gasteiger partial charge in [0, 0.05) is 176 Å². The van der Waals surface area contributed by atoms with E-state index in [2.05, 4.69) is 357 Å². The van der Waals surface area contributed by atoms with Crippen LogP contribution in [-0.2, 0) is 86.9 Å². The molecule has 10 aromatic heterocycles. The fourth-order valence-electron chi connectivity index (χ4n) is 8.45. The molecule has 0 spiro atoms. The van der Waals surface area contributed by atoms with E-state index in [-0.39, 0.29) is 92.3 Å². The van der Waals surface area contributed by atoms with Crippen LogP contribution in [0.15, 0.2) is 257 Å². The molecule has 1 radical (unpaired) electrons. The molecule has 10 aromatic rings. The normalized spacial score (nSPS) is 11.5. The van der Waals surface area contributed by atoms with E-state index in [1.807, 2.05) is 147 Å². The first-order valence-corrected chi connectivity index (χ1v) is 37.8. The van der Waals surface area contributed by atoms with Gasteiger partial charge in [-0.15, -0.1) is 5.41 Å². The van der Waals surface area contributed by atoms with Crippen molar-refractivity contribution in [3.05, 3.63) is 326 Å². The Labute approximate surface area is 691 Å². The summed E-state index contributed by atoms with van der Waals surface area (Å²) >= 11 is 0. The number of hydrogen-bond donors (Lipinski definition) is 0. The van der Waals surface area contributed by atoms with E-state index in [0.29, 0.717) is 0 Å². The van der Waals surface area contributed by atoms with Crippen LogP contribution in [0.5, 0.6) is 0 Å². The smallest absolute Gasteiger partial charge is 0.0457 e. The van der Waals surface area contributed by atoms with E-state index < -0.39 is 0 Å². The summed E-state index contributed by atoms with van der Waals surface area (Å²) in [4.78, 5) is 41.1. The third-order valence-electron chi connectivity index (χ3n) is 15.5. The Bertz CT molecular complexity index is 3040. The first-order valence-electron chi connectivity index (χ1n) is 37.8. The van der Waals surface area contributed by atoms with Crippen LogP contribution >= 0.6 is 0 Å². The Balaban J connectivity index is 0. The average molecular weight is 1550 g/mol. The zero-order chi connectivity index (χ0) is 82.8. The molecule has 0 unspecified atom stereocenters. The number of aromatic nitrogens is 10. The molecule has 0 aliphatic heterocycles. The molecule has 0 aliphatic carbocycles. The molecule has 0 fully saturated rings. The molecule has 0 aliphatic rings. The molecule has 0 saturated carbocycles. The van der Waals surface area contributed by atoms with E-state index in [1.165, 1.54) is 39.5 Å². The average Bonchev–Trinajstić information content (AvgIpc) is 0.956. The van der Waals surface area contributed by atoms with E-state index in [1.54, 1.807) is 30.9 Å². The molecule has 109 heavy (non-hydrogen) atoms. The monoisotopic (exact) mass is 1550 g/mol. The second-order valence-corrected chi connectivity index (χ2v) is 37.6. The van der Waals surface area contributed by atoms with Gasteiger partial charge in [0.25, 0.3) is 0 Å². The third kappa shape index (κ3) is 51.2. The van der Waals surface area contributed by atoms with Crippen LogP contribution in [0, 0.1) is 18.1 Å². The van der Waals surface area contributed by atoms with Gasteiger partial charge in [0.15, 0.2) is 0 Å².